The minimum absolute atomic E-state index is 0.167. The van der Waals surface area contributed by atoms with Crippen LogP contribution in [0.15, 0.2) is 24.3 Å². The molecule has 0 saturated carbocycles. The first-order valence-corrected chi connectivity index (χ1v) is 4.56. The molecule has 2 heteroatoms. The maximum absolute atomic E-state index is 12.6. The van der Waals surface area contributed by atoms with Crippen LogP contribution >= 0.6 is 0 Å². The molecular formula is C11H17FN+. The highest BCUT2D eigenvalue weighted by Gasteiger charge is 2.12. The van der Waals surface area contributed by atoms with Gasteiger partial charge < -0.3 is 5.32 Å². The van der Waals surface area contributed by atoms with E-state index in [1.165, 1.54) is 12.1 Å². The van der Waals surface area contributed by atoms with E-state index in [1.54, 1.807) is 0 Å². The van der Waals surface area contributed by atoms with E-state index in [1.807, 2.05) is 12.1 Å². The summed E-state index contributed by atoms with van der Waals surface area (Å²) in [5.74, 6) is -0.167. The molecule has 0 fully saturated rings. The normalized spacial score (nSPS) is 11.7. The molecule has 2 N–H and O–H groups in total. The van der Waals surface area contributed by atoms with Crippen LogP contribution < -0.4 is 5.32 Å². The topological polar surface area (TPSA) is 16.6 Å². The van der Waals surface area contributed by atoms with Crippen molar-refractivity contribution in [1.82, 2.24) is 0 Å². The summed E-state index contributed by atoms with van der Waals surface area (Å²) >= 11 is 0. The lowest BCUT2D eigenvalue weighted by Crippen LogP contribution is -2.92. The Kier molecular flexibility index (Phi) is 3.04. The summed E-state index contributed by atoms with van der Waals surface area (Å²) in [6, 6.07) is 6.67. The van der Waals surface area contributed by atoms with Crippen molar-refractivity contribution in [1.29, 1.82) is 0 Å². The molecule has 0 spiro atoms. The summed E-state index contributed by atoms with van der Waals surface area (Å²) in [4.78, 5) is 0. The van der Waals surface area contributed by atoms with Gasteiger partial charge in [0.1, 0.15) is 12.4 Å². The summed E-state index contributed by atoms with van der Waals surface area (Å²) in [5.41, 5.74) is 1.39. The average molecular weight is 182 g/mol. The first-order valence-electron chi connectivity index (χ1n) is 4.56. The maximum Gasteiger partial charge on any atom is 0.123 e. The van der Waals surface area contributed by atoms with Crippen LogP contribution in [-0.2, 0) is 6.54 Å². The predicted octanol–water partition coefficient (Wildman–Crippen LogP) is 1.69. The van der Waals surface area contributed by atoms with E-state index < -0.39 is 0 Å². The third kappa shape index (κ3) is 4.04. The summed E-state index contributed by atoms with van der Waals surface area (Å²) in [6.45, 7) is 7.40. The molecule has 0 unspecified atom stereocenters. The van der Waals surface area contributed by atoms with Gasteiger partial charge in [-0.15, -0.1) is 0 Å². The number of halogens is 1. The molecule has 0 amide bonds. The molecule has 13 heavy (non-hydrogen) atoms. The van der Waals surface area contributed by atoms with Gasteiger partial charge in [0.2, 0.25) is 0 Å². The van der Waals surface area contributed by atoms with Gasteiger partial charge in [0, 0.05) is 5.56 Å². The van der Waals surface area contributed by atoms with Crippen molar-refractivity contribution in [2.24, 2.45) is 0 Å². The van der Waals surface area contributed by atoms with Crippen molar-refractivity contribution in [3.05, 3.63) is 35.6 Å². The van der Waals surface area contributed by atoms with Gasteiger partial charge in [-0.1, -0.05) is 12.1 Å². The first-order chi connectivity index (χ1) is 5.97. The molecule has 1 aromatic rings. The van der Waals surface area contributed by atoms with Crippen molar-refractivity contribution in [2.45, 2.75) is 32.9 Å². The standard InChI is InChI=1S/C11H16FN/c1-11(2,3)13-8-9-4-6-10(12)7-5-9/h4-7,13H,8H2,1-3H3/p+1. The lowest BCUT2D eigenvalue weighted by molar-refractivity contribution is -0.731. The SMILES string of the molecule is CC(C)(C)[NH2+]Cc1ccc(F)cc1. The Morgan fingerprint density at radius 1 is 1.15 bits per heavy atom. The average Bonchev–Trinajstić information content (AvgIpc) is 2.02. The Morgan fingerprint density at radius 3 is 2.15 bits per heavy atom. The highest BCUT2D eigenvalue weighted by atomic mass is 19.1. The van der Waals surface area contributed by atoms with Crippen LogP contribution in [0.1, 0.15) is 26.3 Å². The van der Waals surface area contributed by atoms with Gasteiger partial charge in [-0.05, 0) is 32.9 Å². The minimum Gasteiger partial charge on any atom is -0.338 e. The second kappa shape index (κ2) is 3.88. The molecule has 0 atom stereocenters. The Balaban J connectivity index is 2.51. The number of nitrogens with two attached hydrogens (primary N) is 1. The van der Waals surface area contributed by atoms with E-state index in [0.717, 1.165) is 12.1 Å². The van der Waals surface area contributed by atoms with Gasteiger partial charge in [-0.3, -0.25) is 0 Å². The van der Waals surface area contributed by atoms with Gasteiger partial charge >= 0.3 is 0 Å². The van der Waals surface area contributed by atoms with Gasteiger partial charge in [0.25, 0.3) is 0 Å². The molecule has 1 rings (SSSR count). The zero-order valence-corrected chi connectivity index (χ0v) is 8.47. The molecule has 0 radical (unpaired) electrons. The van der Waals surface area contributed by atoms with E-state index in [0.29, 0.717) is 0 Å². The molecule has 0 saturated heterocycles. The number of quaternary nitrogens is 1. The van der Waals surface area contributed by atoms with Crippen LogP contribution in [0.2, 0.25) is 0 Å². The van der Waals surface area contributed by atoms with Crippen LogP contribution in [0.5, 0.6) is 0 Å². The number of hydrogen-bond acceptors (Lipinski definition) is 0. The lowest BCUT2D eigenvalue weighted by Gasteiger charge is -2.16. The predicted molar refractivity (Wildman–Crippen MR) is 51.8 cm³/mol. The molecule has 0 aliphatic rings. The van der Waals surface area contributed by atoms with Crippen LogP contribution in [0.4, 0.5) is 4.39 Å². The fourth-order valence-corrected chi connectivity index (χ4v) is 1.04. The van der Waals surface area contributed by atoms with Crippen molar-refractivity contribution < 1.29 is 9.71 Å². The highest BCUT2D eigenvalue weighted by Crippen LogP contribution is 2.01. The molecule has 0 heterocycles. The van der Waals surface area contributed by atoms with E-state index in [-0.39, 0.29) is 11.4 Å². The van der Waals surface area contributed by atoms with Crippen LogP contribution in [-0.4, -0.2) is 5.54 Å². The van der Waals surface area contributed by atoms with Gasteiger partial charge in [-0.2, -0.15) is 0 Å². The third-order valence-electron chi connectivity index (χ3n) is 1.86. The van der Waals surface area contributed by atoms with Crippen LogP contribution in [0.25, 0.3) is 0 Å². The van der Waals surface area contributed by atoms with Crippen molar-refractivity contribution >= 4 is 0 Å². The number of benzene rings is 1. The summed E-state index contributed by atoms with van der Waals surface area (Å²) in [7, 11) is 0. The van der Waals surface area contributed by atoms with Crippen molar-refractivity contribution in [3.8, 4) is 0 Å². The summed E-state index contributed by atoms with van der Waals surface area (Å²) in [5, 5.41) is 2.24. The Bertz CT molecular complexity index is 258. The maximum atomic E-state index is 12.6. The van der Waals surface area contributed by atoms with E-state index in [9.17, 15) is 4.39 Å². The first kappa shape index (κ1) is 10.2. The number of rotatable bonds is 2. The second-order valence-corrected chi connectivity index (χ2v) is 4.40. The summed E-state index contributed by atoms with van der Waals surface area (Å²) < 4.78 is 12.6. The molecule has 72 valence electrons. The Morgan fingerprint density at radius 2 is 1.69 bits per heavy atom. The zero-order chi connectivity index (χ0) is 9.90. The van der Waals surface area contributed by atoms with Crippen LogP contribution in [0.3, 0.4) is 0 Å². The fraction of sp³-hybridized carbons (Fsp3) is 0.455. The van der Waals surface area contributed by atoms with Gasteiger partial charge in [-0.25, -0.2) is 4.39 Å². The van der Waals surface area contributed by atoms with E-state index in [4.69, 9.17) is 0 Å². The van der Waals surface area contributed by atoms with E-state index in [2.05, 4.69) is 26.1 Å². The lowest BCUT2D eigenvalue weighted by atomic mass is 10.1. The zero-order valence-electron chi connectivity index (χ0n) is 8.47. The molecule has 0 aliphatic carbocycles. The monoisotopic (exact) mass is 182 g/mol. The number of hydrogen-bond donors (Lipinski definition) is 1. The molecule has 0 aromatic heterocycles. The van der Waals surface area contributed by atoms with Gasteiger partial charge in [0.05, 0.1) is 5.54 Å². The fourth-order valence-electron chi connectivity index (χ4n) is 1.04. The van der Waals surface area contributed by atoms with Gasteiger partial charge in [0.15, 0.2) is 0 Å². The largest absolute Gasteiger partial charge is 0.338 e. The minimum atomic E-state index is -0.167. The highest BCUT2D eigenvalue weighted by molar-refractivity contribution is 5.14. The molecular weight excluding hydrogens is 165 g/mol. The second-order valence-electron chi connectivity index (χ2n) is 4.40. The van der Waals surface area contributed by atoms with Crippen molar-refractivity contribution in [3.63, 3.8) is 0 Å². The smallest absolute Gasteiger partial charge is 0.123 e. The van der Waals surface area contributed by atoms with E-state index >= 15 is 0 Å². The Hall–Kier alpha value is -0.890. The molecule has 1 nitrogen and oxygen atoms in total. The molecule has 0 aliphatic heterocycles. The molecule has 1 aromatic carbocycles. The van der Waals surface area contributed by atoms with Crippen LogP contribution in [0, 0.1) is 5.82 Å². The van der Waals surface area contributed by atoms with Crippen molar-refractivity contribution in [2.75, 3.05) is 0 Å². The third-order valence-corrected chi connectivity index (χ3v) is 1.86. The molecule has 0 bridgehead atoms. The quantitative estimate of drug-likeness (QED) is 0.716. The summed E-state index contributed by atoms with van der Waals surface area (Å²) in [6.07, 6.45) is 0. The Labute approximate surface area is 79.0 Å².